The predicted molar refractivity (Wildman–Crippen MR) is 98.8 cm³/mol. The number of benzene rings is 1. The number of pyridine rings is 1. The Morgan fingerprint density at radius 2 is 2.00 bits per heavy atom. The Bertz CT molecular complexity index is 920. The van der Waals surface area contributed by atoms with Crippen molar-refractivity contribution in [2.45, 2.75) is 18.9 Å². The molecule has 0 amide bonds. The highest BCUT2D eigenvalue weighted by Crippen LogP contribution is 2.40. The summed E-state index contributed by atoms with van der Waals surface area (Å²) in [6.07, 6.45) is 5.87. The highest BCUT2D eigenvalue weighted by Gasteiger charge is 2.17. The largest absolute Gasteiger partial charge is 0.507 e. The van der Waals surface area contributed by atoms with Crippen LogP contribution in [0.2, 0.25) is 10.0 Å². The average Bonchev–Trinajstić information content (AvgIpc) is 3.01. The predicted octanol–water partition coefficient (Wildman–Crippen LogP) is 4.14. The van der Waals surface area contributed by atoms with E-state index in [0.717, 1.165) is 37.1 Å². The van der Waals surface area contributed by atoms with Crippen LogP contribution in [0.5, 0.6) is 11.6 Å². The van der Waals surface area contributed by atoms with Crippen LogP contribution in [0, 0.1) is 0 Å². The maximum Gasteiger partial charge on any atom is 0.232 e. The second-order valence-corrected chi connectivity index (χ2v) is 6.87. The van der Waals surface area contributed by atoms with Crippen molar-refractivity contribution in [3.8, 4) is 22.8 Å². The number of aromatic hydroxyl groups is 1. The summed E-state index contributed by atoms with van der Waals surface area (Å²) in [5, 5.41) is 14.2. The molecule has 0 atom stereocenters. The van der Waals surface area contributed by atoms with Gasteiger partial charge in [-0.1, -0.05) is 23.2 Å². The third kappa shape index (κ3) is 3.27. The molecule has 1 saturated heterocycles. The number of ether oxygens (including phenoxy) is 1. The van der Waals surface area contributed by atoms with Gasteiger partial charge in [-0.2, -0.15) is 4.98 Å². The van der Waals surface area contributed by atoms with E-state index in [4.69, 9.17) is 27.9 Å². The molecular weight excluding hydrogens is 361 g/mol. The third-order valence-electron chi connectivity index (χ3n) is 4.37. The van der Waals surface area contributed by atoms with Gasteiger partial charge < -0.3 is 19.6 Å². The fourth-order valence-electron chi connectivity index (χ4n) is 3.07. The van der Waals surface area contributed by atoms with Crippen LogP contribution in [-0.2, 0) is 0 Å². The van der Waals surface area contributed by atoms with Gasteiger partial charge >= 0.3 is 0 Å². The van der Waals surface area contributed by atoms with Crippen molar-refractivity contribution < 1.29 is 9.84 Å². The monoisotopic (exact) mass is 377 g/mol. The normalized spacial score (nSPS) is 15.6. The van der Waals surface area contributed by atoms with Gasteiger partial charge in [0, 0.05) is 11.8 Å². The topological polar surface area (TPSA) is 58.8 Å². The van der Waals surface area contributed by atoms with Gasteiger partial charge in [-0.3, -0.25) is 0 Å². The Hall–Kier alpha value is -1.95. The lowest BCUT2D eigenvalue weighted by molar-refractivity contribution is 0.157. The molecule has 5 nitrogen and oxygen atoms in total. The summed E-state index contributed by atoms with van der Waals surface area (Å²) in [4.78, 5) is 4.54. The average molecular weight is 378 g/mol. The van der Waals surface area contributed by atoms with E-state index >= 15 is 0 Å². The number of hydrogen-bond donors (Lipinski definition) is 2. The lowest BCUT2D eigenvalue weighted by Gasteiger charge is -2.22. The van der Waals surface area contributed by atoms with Crippen LogP contribution in [0.25, 0.3) is 16.8 Å². The van der Waals surface area contributed by atoms with Crippen LogP contribution in [0.3, 0.4) is 0 Å². The van der Waals surface area contributed by atoms with Crippen LogP contribution in [0.1, 0.15) is 12.8 Å². The number of imidazole rings is 1. The Labute approximate surface area is 155 Å². The number of halogens is 2. The molecule has 0 spiro atoms. The number of aromatic nitrogens is 2. The summed E-state index contributed by atoms with van der Waals surface area (Å²) >= 11 is 12.3. The molecule has 0 saturated carbocycles. The maximum absolute atomic E-state index is 10.2. The molecule has 3 aromatic rings. The van der Waals surface area contributed by atoms with Gasteiger partial charge in [-0.25, -0.2) is 0 Å². The molecule has 3 heterocycles. The molecule has 2 N–H and O–H groups in total. The molecule has 1 fully saturated rings. The zero-order valence-corrected chi connectivity index (χ0v) is 14.9. The van der Waals surface area contributed by atoms with Crippen LogP contribution >= 0.6 is 23.2 Å². The second kappa shape index (κ2) is 6.75. The number of rotatable bonds is 3. The minimum atomic E-state index is 0.0801. The molecule has 0 aliphatic carbocycles. The first-order chi connectivity index (χ1) is 12.1. The molecule has 25 heavy (non-hydrogen) atoms. The number of phenolic OH excluding ortho intramolecular Hbond substituents is 1. The number of hydrogen-bond acceptors (Lipinski definition) is 4. The number of phenols is 1. The van der Waals surface area contributed by atoms with Gasteiger partial charge in [-0.15, -0.1) is 0 Å². The summed E-state index contributed by atoms with van der Waals surface area (Å²) in [6, 6.07) is 6.82. The molecule has 0 radical (unpaired) electrons. The fraction of sp³-hybridized carbons (Fsp3) is 0.278. The maximum atomic E-state index is 10.2. The molecule has 7 heteroatoms. The molecule has 0 bridgehead atoms. The van der Waals surface area contributed by atoms with Crippen LogP contribution in [-0.4, -0.2) is 33.7 Å². The van der Waals surface area contributed by atoms with Crippen LogP contribution in [0.4, 0.5) is 0 Å². The highest BCUT2D eigenvalue weighted by atomic mass is 35.5. The van der Waals surface area contributed by atoms with Crippen molar-refractivity contribution in [2.24, 2.45) is 0 Å². The van der Waals surface area contributed by atoms with E-state index in [-0.39, 0.29) is 11.9 Å². The van der Waals surface area contributed by atoms with E-state index in [0.29, 0.717) is 21.5 Å². The lowest BCUT2D eigenvalue weighted by atomic mass is 10.1. The van der Waals surface area contributed by atoms with Crippen molar-refractivity contribution in [3.05, 3.63) is 46.7 Å². The molecule has 1 aromatic carbocycles. The van der Waals surface area contributed by atoms with Crippen molar-refractivity contribution in [1.29, 1.82) is 0 Å². The smallest absolute Gasteiger partial charge is 0.232 e. The Morgan fingerprint density at radius 1 is 1.20 bits per heavy atom. The van der Waals surface area contributed by atoms with E-state index < -0.39 is 0 Å². The Kier molecular flexibility index (Phi) is 4.46. The summed E-state index contributed by atoms with van der Waals surface area (Å²) < 4.78 is 7.87. The molecule has 2 aromatic heterocycles. The lowest BCUT2D eigenvalue weighted by Crippen LogP contribution is -2.34. The van der Waals surface area contributed by atoms with Crippen molar-refractivity contribution >= 4 is 28.8 Å². The zero-order chi connectivity index (χ0) is 17.4. The molecule has 1 aliphatic heterocycles. The van der Waals surface area contributed by atoms with Gasteiger partial charge in [-0.05, 0) is 55.8 Å². The van der Waals surface area contributed by atoms with Gasteiger partial charge in [0.15, 0.2) is 0 Å². The van der Waals surface area contributed by atoms with Gasteiger partial charge in [0.2, 0.25) is 5.88 Å². The number of nitrogens with zero attached hydrogens (tertiary/aromatic N) is 2. The Balaban J connectivity index is 1.68. The Morgan fingerprint density at radius 3 is 2.80 bits per heavy atom. The molecule has 0 unspecified atom stereocenters. The second-order valence-electron chi connectivity index (χ2n) is 6.08. The first-order valence-electron chi connectivity index (χ1n) is 8.15. The summed E-state index contributed by atoms with van der Waals surface area (Å²) in [5.41, 5.74) is 1.97. The minimum absolute atomic E-state index is 0.0801. The first kappa shape index (κ1) is 16.5. The van der Waals surface area contributed by atoms with Crippen molar-refractivity contribution in [1.82, 2.24) is 14.7 Å². The number of nitrogens with one attached hydrogen (secondary N) is 1. The van der Waals surface area contributed by atoms with E-state index in [1.807, 2.05) is 28.9 Å². The van der Waals surface area contributed by atoms with Gasteiger partial charge in [0.25, 0.3) is 0 Å². The summed E-state index contributed by atoms with van der Waals surface area (Å²) in [5.74, 6) is 0.682. The summed E-state index contributed by atoms with van der Waals surface area (Å²) in [7, 11) is 0. The minimum Gasteiger partial charge on any atom is -0.507 e. The number of fused-ring (bicyclic) bond motifs is 1. The fourth-order valence-corrected chi connectivity index (χ4v) is 3.50. The van der Waals surface area contributed by atoms with Gasteiger partial charge in [0.1, 0.15) is 17.5 Å². The highest BCUT2D eigenvalue weighted by molar-refractivity contribution is 6.44. The van der Waals surface area contributed by atoms with Gasteiger partial charge in [0.05, 0.1) is 16.2 Å². The zero-order valence-electron chi connectivity index (χ0n) is 13.4. The van der Waals surface area contributed by atoms with E-state index in [9.17, 15) is 5.11 Å². The van der Waals surface area contributed by atoms with Crippen LogP contribution in [0.15, 0.2) is 36.7 Å². The molecule has 4 rings (SSSR count). The van der Waals surface area contributed by atoms with E-state index in [2.05, 4.69) is 10.3 Å². The van der Waals surface area contributed by atoms with E-state index in [1.165, 1.54) is 6.07 Å². The van der Waals surface area contributed by atoms with Crippen molar-refractivity contribution in [3.63, 3.8) is 0 Å². The number of piperidine rings is 1. The molecular formula is C18H17Cl2N3O2. The first-order valence-corrected chi connectivity index (χ1v) is 8.91. The SMILES string of the molecule is Oc1ccc(Cl)c(Cl)c1-c1ccn2cc(OC3CCNCC3)nc2c1. The standard InChI is InChI=1S/C18H17Cl2N3O2/c19-13-1-2-14(24)17(18(13)20)11-5-8-23-10-16(22-15(23)9-11)25-12-3-6-21-7-4-12/h1-2,5,8-10,12,21,24H,3-4,6-7H2. The molecule has 130 valence electrons. The van der Waals surface area contributed by atoms with Crippen molar-refractivity contribution in [2.75, 3.05) is 13.1 Å². The third-order valence-corrected chi connectivity index (χ3v) is 5.18. The summed E-state index contributed by atoms with van der Waals surface area (Å²) in [6.45, 7) is 1.93. The van der Waals surface area contributed by atoms with E-state index in [1.54, 1.807) is 6.07 Å². The molecule has 1 aliphatic rings. The van der Waals surface area contributed by atoms with Crippen LogP contribution < -0.4 is 10.1 Å². The quantitative estimate of drug-likeness (QED) is 0.719.